The molecule has 0 unspecified atom stereocenters. The quantitative estimate of drug-likeness (QED) is 0.270. The van der Waals surface area contributed by atoms with Crippen LogP contribution in [0.5, 0.6) is 0 Å². The molecule has 1 aromatic heterocycles. The minimum Gasteiger partial charge on any atom is -0.455 e. The fraction of sp³-hybridized carbons (Fsp3) is 0.192. The number of amides is 1. The first-order valence-electron chi connectivity index (χ1n) is 11.2. The molecule has 6 nitrogen and oxygen atoms in total. The lowest BCUT2D eigenvalue weighted by Crippen LogP contribution is -2.18. The molecule has 36 heavy (non-hydrogen) atoms. The molecule has 1 saturated carbocycles. The number of hydrogen-bond acceptors (Lipinski definition) is 4. The van der Waals surface area contributed by atoms with Gasteiger partial charge >= 0.3 is 0 Å². The molecule has 2 N–H and O–H groups in total. The molecule has 0 atom stereocenters. The van der Waals surface area contributed by atoms with Crippen LogP contribution >= 0.6 is 15.9 Å². The van der Waals surface area contributed by atoms with Crippen molar-refractivity contribution in [2.45, 2.75) is 24.5 Å². The average molecular weight is 575 g/mol. The van der Waals surface area contributed by atoms with E-state index in [9.17, 15) is 22.0 Å². The highest BCUT2D eigenvalue weighted by atomic mass is 79.9. The Morgan fingerprint density at radius 3 is 2.44 bits per heavy atom. The van der Waals surface area contributed by atoms with Crippen LogP contribution in [0.15, 0.2) is 63.5 Å². The van der Waals surface area contributed by atoms with Crippen molar-refractivity contribution < 1.29 is 26.4 Å². The van der Waals surface area contributed by atoms with Gasteiger partial charge in [0.1, 0.15) is 23.0 Å². The predicted octanol–water partition coefficient (Wildman–Crippen LogP) is 6.32. The Morgan fingerprint density at radius 2 is 1.81 bits per heavy atom. The van der Waals surface area contributed by atoms with E-state index >= 15 is 0 Å². The number of rotatable bonds is 7. The van der Waals surface area contributed by atoms with Gasteiger partial charge in [0.2, 0.25) is 10.0 Å². The van der Waals surface area contributed by atoms with Gasteiger partial charge in [-0.3, -0.25) is 9.52 Å². The first-order valence-corrected chi connectivity index (χ1v) is 13.6. The number of nitrogens with one attached hydrogen (secondary N) is 2. The number of halogens is 3. The van der Waals surface area contributed by atoms with Gasteiger partial charge in [-0.1, -0.05) is 6.07 Å². The van der Waals surface area contributed by atoms with Crippen molar-refractivity contribution in [2.24, 2.45) is 0 Å². The van der Waals surface area contributed by atoms with Crippen LogP contribution in [0.25, 0.3) is 22.3 Å². The van der Waals surface area contributed by atoms with Crippen LogP contribution in [0.2, 0.25) is 0 Å². The highest BCUT2D eigenvalue weighted by molar-refractivity contribution is 9.10. The smallest absolute Gasteiger partial charge is 0.255 e. The van der Waals surface area contributed by atoms with Gasteiger partial charge in [-0.2, -0.15) is 0 Å². The number of benzene rings is 3. The number of carbonyl (C=O) groups excluding carboxylic acids is 1. The van der Waals surface area contributed by atoms with Gasteiger partial charge in [-0.05, 0) is 88.3 Å². The summed E-state index contributed by atoms with van der Waals surface area (Å²) >= 11 is 3.06. The molecular weight excluding hydrogens is 554 g/mol. The lowest BCUT2D eigenvalue weighted by Gasteiger charge is -2.13. The second kappa shape index (κ2) is 9.33. The second-order valence-electron chi connectivity index (χ2n) is 8.71. The van der Waals surface area contributed by atoms with E-state index in [-0.39, 0.29) is 22.1 Å². The number of anilines is 1. The molecule has 0 radical (unpaired) electrons. The first-order chi connectivity index (χ1) is 17.1. The van der Waals surface area contributed by atoms with Crippen molar-refractivity contribution in [3.05, 3.63) is 87.4 Å². The highest BCUT2D eigenvalue weighted by Gasteiger charge is 2.31. The second-order valence-corrected chi connectivity index (χ2v) is 11.3. The monoisotopic (exact) mass is 574 g/mol. The van der Waals surface area contributed by atoms with Gasteiger partial charge in [0.15, 0.2) is 0 Å². The fourth-order valence-electron chi connectivity index (χ4n) is 4.19. The van der Waals surface area contributed by atoms with E-state index in [4.69, 9.17) is 4.42 Å². The molecular formula is C26H21BrF2N2O4S. The Labute approximate surface area is 214 Å². The van der Waals surface area contributed by atoms with Gasteiger partial charge in [0, 0.05) is 24.1 Å². The Morgan fingerprint density at radius 1 is 1.08 bits per heavy atom. The summed E-state index contributed by atoms with van der Waals surface area (Å²) in [6, 6.07) is 13.1. The lowest BCUT2D eigenvalue weighted by atomic mass is 10.0. The number of sulfonamides is 1. The maximum Gasteiger partial charge on any atom is 0.255 e. The van der Waals surface area contributed by atoms with Crippen molar-refractivity contribution in [1.29, 1.82) is 0 Å². The molecule has 1 aliphatic carbocycles. The zero-order valence-electron chi connectivity index (χ0n) is 19.1. The van der Waals surface area contributed by atoms with Gasteiger partial charge in [-0.15, -0.1) is 0 Å². The number of fused-ring (bicyclic) bond motifs is 1. The molecule has 5 rings (SSSR count). The first kappa shape index (κ1) is 24.5. The molecule has 1 fully saturated rings. The van der Waals surface area contributed by atoms with Crippen LogP contribution in [0.3, 0.4) is 0 Å². The Kier molecular flexibility index (Phi) is 6.34. The lowest BCUT2D eigenvalue weighted by molar-refractivity contribution is 0.0964. The van der Waals surface area contributed by atoms with Gasteiger partial charge < -0.3 is 9.73 Å². The summed E-state index contributed by atoms with van der Waals surface area (Å²) in [5.74, 6) is -1.36. The van der Waals surface area contributed by atoms with E-state index in [0.717, 1.165) is 18.4 Å². The molecule has 10 heteroatoms. The van der Waals surface area contributed by atoms with Crippen LogP contribution in [-0.2, 0) is 15.8 Å². The molecule has 4 aromatic rings. The van der Waals surface area contributed by atoms with Crippen LogP contribution in [-0.4, -0.2) is 21.4 Å². The van der Waals surface area contributed by atoms with Crippen molar-refractivity contribution >= 4 is 48.5 Å². The topological polar surface area (TPSA) is 88.4 Å². The van der Waals surface area contributed by atoms with Gasteiger partial charge in [-0.25, -0.2) is 17.2 Å². The number of carbonyl (C=O) groups is 1. The van der Waals surface area contributed by atoms with Gasteiger partial charge in [0.25, 0.3) is 5.91 Å². The Balaban J connectivity index is 1.59. The predicted molar refractivity (Wildman–Crippen MR) is 137 cm³/mol. The van der Waals surface area contributed by atoms with E-state index in [1.807, 2.05) is 0 Å². The molecule has 1 amide bonds. The SMILES string of the molecule is CNC(=O)c1c(-c2ccc(F)cc2)oc2cc(NS(=O)(=O)Cc3ccc(Br)c(F)c3)c(C3CC3)cc12. The van der Waals surface area contributed by atoms with E-state index < -0.39 is 27.4 Å². The van der Waals surface area contributed by atoms with Crippen molar-refractivity contribution in [3.8, 4) is 11.3 Å². The summed E-state index contributed by atoms with van der Waals surface area (Å²) in [6.07, 6.45) is 1.77. The largest absolute Gasteiger partial charge is 0.455 e. The van der Waals surface area contributed by atoms with E-state index in [0.29, 0.717) is 33.3 Å². The van der Waals surface area contributed by atoms with Crippen molar-refractivity contribution in [2.75, 3.05) is 11.8 Å². The van der Waals surface area contributed by atoms with Crippen molar-refractivity contribution in [3.63, 3.8) is 0 Å². The van der Waals surface area contributed by atoms with Crippen molar-refractivity contribution in [1.82, 2.24) is 5.32 Å². The normalized spacial score (nSPS) is 13.7. The number of furan rings is 1. The summed E-state index contributed by atoms with van der Waals surface area (Å²) in [6.45, 7) is 0. The highest BCUT2D eigenvalue weighted by Crippen LogP contribution is 2.47. The summed E-state index contributed by atoms with van der Waals surface area (Å²) in [7, 11) is -2.39. The van der Waals surface area contributed by atoms with E-state index in [2.05, 4.69) is 26.0 Å². The maximum absolute atomic E-state index is 13.9. The van der Waals surface area contributed by atoms with Crippen LogP contribution in [0.4, 0.5) is 14.5 Å². The summed E-state index contributed by atoms with van der Waals surface area (Å²) < 4.78 is 62.3. The van der Waals surface area contributed by atoms with E-state index in [1.54, 1.807) is 12.1 Å². The molecule has 0 aliphatic heterocycles. The molecule has 186 valence electrons. The van der Waals surface area contributed by atoms with Crippen LogP contribution < -0.4 is 10.0 Å². The minimum atomic E-state index is -3.89. The molecule has 1 aliphatic rings. The van der Waals surface area contributed by atoms with Crippen LogP contribution in [0, 0.1) is 11.6 Å². The molecule has 0 saturated heterocycles. The standard InChI is InChI=1S/C26H21BrF2N2O4S/c1-30-26(32)24-19-11-18(15-3-4-15)22(12-23(19)35-25(24)16-5-7-17(28)8-6-16)31-36(33,34)13-14-2-9-20(27)21(29)10-14/h2,5-12,15,31H,3-4,13H2,1H3,(H,30,32). The third-order valence-electron chi connectivity index (χ3n) is 6.04. The fourth-order valence-corrected chi connectivity index (χ4v) is 5.64. The van der Waals surface area contributed by atoms with E-state index in [1.165, 1.54) is 49.5 Å². The molecule has 0 bridgehead atoms. The average Bonchev–Trinajstić information content (AvgIpc) is 3.61. The van der Waals surface area contributed by atoms with Gasteiger partial charge in [0.05, 0.1) is 21.5 Å². The third kappa shape index (κ3) is 4.87. The maximum atomic E-state index is 13.9. The molecule has 3 aromatic carbocycles. The zero-order valence-corrected chi connectivity index (χ0v) is 21.5. The summed E-state index contributed by atoms with van der Waals surface area (Å²) in [4.78, 5) is 12.8. The zero-order chi connectivity index (χ0) is 25.6. The number of hydrogen-bond donors (Lipinski definition) is 2. The summed E-state index contributed by atoms with van der Waals surface area (Å²) in [5.41, 5.74) is 2.52. The Hall–Kier alpha value is -3.24. The Bertz CT molecular complexity index is 1600. The molecule has 1 heterocycles. The summed E-state index contributed by atoms with van der Waals surface area (Å²) in [5, 5.41) is 3.15. The molecule has 0 spiro atoms. The van der Waals surface area contributed by atoms with Crippen LogP contribution in [0.1, 0.15) is 40.2 Å². The third-order valence-corrected chi connectivity index (χ3v) is 7.93. The minimum absolute atomic E-state index is 0.138.